The van der Waals surface area contributed by atoms with Gasteiger partial charge in [-0.25, -0.2) is 0 Å². The fourth-order valence-corrected chi connectivity index (χ4v) is 3.18. The lowest BCUT2D eigenvalue weighted by Gasteiger charge is -2.16. The second kappa shape index (κ2) is 5.35. The maximum Gasteiger partial charge on any atom is 0.0584 e. The number of aryl methyl sites for hydroxylation is 1. The lowest BCUT2D eigenvalue weighted by Crippen LogP contribution is -2.13. The van der Waals surface area contributed by atoms with E-state index in [1.165, 1.54) is 5.56 Å². The van der Waals surface area contributed by atoms with E-state index in [4.69, 9.17) is 5.73 Å². The summed E-state index contributed by atoms with van der Waals surface area (Å²) < 4.78 is 1.04. The number of rotatable bonds is 2. The normalized spacial score (nSPS) is 12.6. The first-order chi connectivity index (χ1) is 9.66. The van der Waals surface area contributed by atoms with Gasteiger partial charge in [0.1, 0.15) is 0 Å². The molecule has 1 unspecified atom stereocenters. The zero-order chi connectivity index (χ0) is 14.1. The fraction of sp³-hybridized carbons (Fsp3) is 0.118. The Morgan fingerprint density at radius 1 is 1.05 bits per heavy atom. The molecule has 1 atom stereocenters. The highest BCUT2D eigenvalue weighted by atomic mass is 79.9. The number of hydrogen-bond acceptors (Lipinski definition) is 2. The summed E-state index contributed by atoms with van der Waals surface area (Å²) in [6.07, 6.45) is 3.73. The van der Waals surface area contributed by atoms with Gasteiger partial charge in [-0.1, -0.05) is 52.3 Å². The molecule has 0 aliphatic carbocycles. The van der Waals surface area contributed by atoms with Gasteiger partial charge in [-0.2, -0.15) is 0 Å². The van der Waals surface area contributed by atoms with Crippen LogP contribution in [0, 0.1) is 6.92 Å². The highest BCUT2D eigenvalue weighted by Crippen LogP contribution is 2.31. The monoisotopic (exact) mass is 326 g/mol. The van der Waals surface area contributed by atoms with Gasteiger partial charge in [-0.3, -0.25) is 4.98 Å². The Hall–Kier alpha value is -1.71. The molecule has 1 heterocycles. The molecule has 0 aliphatic heterocycles. The van der Waals surface area contributed by atoms with Crippen molar-refractivity contribution in [1.82, 2.24) is 4.98 Å². The van der Waals surface area contributed by atoms with Crippen LogP contribution in [0.1, 0.15) is 22.7 Å². The number of aromatic nitrogens is 1. The van der Waals surface area contributed by atoms with Crippen molar-refractivity contribution >= 4 is 26.7 Å². The SMILES string of the molecule is Cc1ccc(C(N)c2cncc3ccccc23)c(Br)c1. The first-order valence-electron chi connectivity index (χ1n) is 6.51. The minimum atomic E-state index is -0.191. The van der Waals surface area contributed by atoms with E-state index in [1.807, 2.05) is 24.5 Å². The first-order valence-corrected chi connectivity index (χ1v) is 7.30. The molecular formula is C17H15BrN2. The first kappa shape index (κ1) is 13.3. The standard InChI is InChI=1S/C17H15BrN2/c1-11-6-7-14(16(18)8-11)17(19)15-10-20-9-12-4-2-3-5-13(12)15/h2-10,17H,19H2,1H3. The van der Waals surface area contributed by atoms with Crippen LogP contribution >= 0.6 is 15.9 Å². The quantitative estimate of drug-likeness (QED) is 0.760. The van der Waals surface area contributed by atoms with Crippen molar-refractivity contribution in [3.05, 3.63) is 76.0 Å². The zero-order valence-electron chi connectivity index (χ0n) is 11.2. The largest absolute Gasteiger partial charge is 0.320 e. The molecule has 0 aliphatic rings. The summed E-state index contributed by atoms with van der Waals surface area (Å²) in [4.78, 5) is 4.31. The molecule has 2 aromatic carbocycles. The van der Waals surface area contributed by atoms with E-state index in [0.29, 0.717) is 0 Å². The maximum atomic E-state index is 6.46. The van der Waals surface area contributed by atoms with Crippen LogP contribution in [0.25, 0.3) is 10.8 Å². The minimum Gasteiger partial charge on any atom is -0.320 e. The van der Waals surface area contributed by atoms with Gasteiger partial charge in [0.05, 0.1) is 6.04 Å². The molecule has 1 aromatic heterocycles. The van der Waals surface area contributed by atoms with E-state index in [1.54, 1.807) is 0 Å². The van der Waals surface area contributed by atoms with Crippen LogP contribution in [0.5, 0.6) is 0 Å². The van der Waals surface area contributed by atoms with Crippen LogP contribution in [-0.4, -0.2) is 4.98 Å². The van der Waals surface area contributed by atoms with Crippen molar-refractivity contribution < 1.29 is 0 Å². The Bertz CT molecular complexity index is 763. The Labute approximate surface area is 126 Å². The molecule has 0 bridgehead atoms. The number of fused-ring (bicyclic) bond motifs is 1. The highest BCUT2D eigenvalue weighted by Gasteiger charge is 2.15. The molecule has 0 spiro atoms. The van der Waals surface area contributed by atoms with Crippen molar-refractivity contribution in [2.24, 2.45) is 5.73 Å². The summed E-state index contributed by atoms with van der Waals surface area (Å²) in [7, 11) is 0. The summed E-state index contributed by atoms with van der Waals surface area (Å²) in [5.41, 5.74) is 9.80. The van der Waals surface area contributed by atoms with E-state index >= 15 is 0 Å². The van der Waals surface area contributed by atoms with Gasteiger partial charge >= 0.3 is 0 Å². The molecule has 3 aromatic rings. The van der Waals surface area contributed by atoms with Crippen LogP contribution in [-0.2, 0) is 0 Å². The highest BCUT2D eigenvalue weighted by molar-refractivity contribution is 9.10. The maximum absolute atomic E-state index is 6.46. The van der Waals surface area contributed by atoms with Gasteiger partial charge in [-0.05, 0) is 35.1 Å². The van der Waals surface area contributed by atoms with Crippen molar-refractivity contribution in [1.29, 1.82) is 0 Å². The number of nitrogens with zero attached hydrogens (tertiary/aromatic N) is 1. The third-order valence-electron chi connectivity index (χ3n) is 3.53. The summed E-state index contributed by atoms with van der Waals surface area (Å²) in [5, 5.41) is 2.27. The summed E-state index contributed by atoms with van der Waals surface area (Å²) in [5.74, 6) is 0. The van der Waals surface area contributed by atoms with Gasteiger partial charge in [0.15, 0.2) is 0 Å². The lowest BCUT2D eigenvalue weighted by atomic mass is 9.96. The van der Waals surface area contributed by atoms with Crippen LogP contribution < -0.4 is 5.73 Å². The number of nitrogens with two attached hydrogens (primary N) is 1. The van der Waals surface area contributed by atoms with Crippen LogP contribution in [0.15, 0.2) is 59.3 Å². The molecule has 0 saturated heterocycles. The Morgan fingerprint density at radius 2 is 1.85 bits per heavy atom. The van der Waals surface area contributed by atoms with E-state index in [2.05, 4.69) is 58.2 Å². The Morgan fingerprint density at radius 3 is 2.65 bits per heavy atom. The Balaban J connectivity index is 2.15. The third kappa shape index (κ3) is 2.35. The summed E-state index contributed by atoms with van der Waals surface area (Å²) >= 11 is 3.61. The average Bonchev–Trinajstić information content (AvgIpc) is 2.46. The molecule has 100 valence electrons. The fourth-order valence-electron chi connectivity index (χ4n) is 2.44. The topological polar surface area (TPSA) is 38.9 Å². The molecular weight excluding hydrogens is 312 g/mol. The second-order valence-electron chi connectivity index (χ2n) is 4.95. The van der Waals surface area contributed by atoms with Crippen molar-refractivity contribution in [3.63, 3.8) is 0 Å². The number of benzene rings is 2. The lowest BCUT2D eigenvalue weighted by molar-refractivity contribution is 0.867. The molecule has 2 N–H and O–H groups in total. The zero-order valence-corrected chi connectivity index (χ0v) is 12.8. The average molecular weight is 327 g/mol. The molecule has 3 heteroatoms. The minimum absolute atomic E-state index is 0.191. The second-order valence-corrected chi connectivity index (χ2v) is 5.81. The van der Waals surface area contributed by atoms with Crippen LogP contribution in [0.2, 0.25) is 0 Å². The van der Waals surface area contributed by atoms with Crippen molar-refractivity contribution in [2.45, 2.75) is 13.0 Å². The number of hydrogen-bond donors (Lipinski definition) is 1. The van der Waals surface area contributed by atoms with E-state index in [0.717, 1.165) is 26.4 Å². The molecule has 3 rings (SSSR count). The van der Waals surface area contributed by atoms with Crippen molar-refractivity contribution in [3.8, 4) is 0 Å². The Kier molecular flexibility index (Phi) is 3.55. The number of pyridine rings is 1. The van der Waals surface area contributed by atoms with Crippen molar-refractivity contribution in [2.75, 3.05) is 0 Å². The van der Waals surface area contributed by atoms with E-state index in [-0.39, 0.29) is 6.04 Å². The van der Waals surface area contributed by atoms with Gasteiger partial charge in [-0.15, -0.1) is 0 Å². The molecule has 0 fully saturated rings. The van der Waals surface area contributed by atoms with Gasteiger partial charge in [0.25, 0.3) is 0 Å². The molecule has 0 amide bonds. The van der Waals surface area contributed by atoms with Crippen LogP contribution in [0.4, 0.5) is 0 Å². The van der Waals surface area contributed by atoms with Crippen LogP contribution in [0.3, 0.4) is 0 Å². The molecule has 20 heavy (non-hydrogen) atoms. The van der Waals surface area contributed by atoms with E-state index < -0.39 is 0 Å². The smallest absolute Gasteiger partial charge is 0.0584 e. The molecule has 0 saturated carbocycles. The summed E-state index contributed by atoms with van der Waals surface area (Å²) in [6, 6.07) is 14.3. The summed E-state index contributed by atoms with van der Waals surface area (Å²) in [6.45, 7) is 2.07. The van der Waals surface area contributed by atoms with Gasteiger partial charge < -0.3 is 5.73 Å². The predicted octanol–water partition coefficient (Wildman–Crippen LogP) is 4.35. The van der Waals surface area contributed by atoms with Gasteiger partial charge in [0, 0.05) is 22.3 Å². The third-order valence-corrected chi connectivity index (χ3v) is 4.21. The molecule has 2 nitrogen and oxygen atoms in total. The van der Waals surface area contributed by atoms with Gasteiger partial charge in [0.2, 0.25) is 0 Å². The van der Waals surface area contributed by atoms with E-state index in [9.17, 15) is 0 Å². The number of halogens is 1. The molecule has 0 radical (unpaired) electrons. The predicted molar refractivity (Wildman–Crippen MR) is 86.7 cm³/mol.